The van der Waals surface area contributed by atoms with Gasteiger partial charge < -0.3 is 10.8 Å². The molecule has 0 amide bonds. The summed E-state index contributed by atoms with van der Waals surface area (Å²) < 4.78 is 38.7. The zero-order valence-electron chi connectivity index (χ0n) is 10.00. The van der Waals surface area contributed by atoms with Gasteiger partial charge in [0.15, 0.2) is 0 Å². The summed E-state index contributed by atoms with van der Waals surface area (Å²) in [6.45, 7) is 1.84. The van der Waals surface area contributed by atoms with E-state index in [1.165, 1.54) is 6.07 Å². The SMILES string of the molecule is CC(CCO)Sc1ccc(CN)cc1C(F)(F)F. The van der Waals surface area contributed by atoms with Crippen molar-refractivity contribution in [3.8, 4) is 0 Å². The average molecular weight is 279 g/mol. The Morgan fingerprint density at radius 1 is 1.39 bits per heavy atom. The van der Waals surface area contributed by atoms with Gasteiger partial charge in [0.25, 0.3) is 0 Å². The number of benzene rings is 1. The molecule has 0 aliphatic rings. The van der Waals surface area contributed by atoms with Gasteiger partial charge in [0.2, 0.25) is 0 Å². The molecule has 6 heteroatoms. The Bertz CT molecular complexity index is 395. The molecule has 0 aromatic heterocycles. The van der Waals surface area contributed by atoms with E-state index >= 15 is 0 Å². The first kappa shape index (κ1) is 15.3. The number of nitrogens with two attached hydrogens (primary N) is 1. The lowest BCUT2D eigenvalue weighted by atomic mass is 10.1. The molecule has 0 saturated heterocycles. The van der Waals surface area contributed by atoms with Crippen molar-refractivity contribution in [2.45, 2.75) is 36.2 Å². The van der Waals surface area contributed by atoms with Crippen LogP contribution in [0.15, 0.2) is 23.1 Å². The highest BCUT2D eigenvalue weighted by atomic mass is 32.2. The smallest absolute Gasteiger partial charge is 0.396 e. The third-order valence-electron chi connectivity index (χ3n) is 2.45. The molecule has 1 atom stereocenters. The third kappa shape index (κ3) is 4.19. The van der Waals surface area contributed by atoms with Crippen molar-refractivity contribution in [1.29, 1.82) is 0 Å². The van der Waals surface area contributed by atoms with Crippen molar-refractivity contribution < 1.29 is 18.3 Å². The van der Waals surface area contributed by atoms with Crippen LogP contribution >= 0.6 is 11.8 Å². The summed E-state index contributed by atoms with van der Waals surface area (Å²) in [6.07, 6.45) is -3.92. The Hall–Kier alpha value is -0.720. The maximum atomic E-state index is 12.9. The van der Waals surface area contributed by atoms with Crippen LogP contribution in [0.2, 0.25) is 0 Å². The minimum atomic E-state index is -4.38. The molecule has 0 fully saturated rings. The minimum absolute atomic E-state index is 0.0313. The number of hydrogen-bond donors (Lipinski definition) is 2. The molecule has 0 spiro atoms. The van der Waals surface area contributed by atoms with Crippen LogP contribution in [-0.4, -0.2) is 17.0 Å². The first-order chi connectivity index (χ1) is 8.38. The van der Waals surface area contributed by atoms with Crippen LogP contribution in [0.25, 0.3) is 0 Å². The van der Waals surface area contributed by atoms with Crippen LogP contribution in [0, 0.1) is 0 Å². The number of alkyl halides is 3. The van der Waals surface area contributed by atoms with Gasteiger partial charge in [-0.25, -0.2) is 0 Å². The van der Waals surface area contributed by atoms with E-state index in [0.717, 1.165) is 17.8 Å². The Morgan fingerprint density at radius 3 is 2.56 bits per heavy atom. The predicted octanol–water partition coefficient (Wildman–Crippen LogP) is 3.03. The van der Waals surface area contributed by atoms with Gasteiger partial charge >= 0.3 is 6.18 Å². The molecule has 0 saturated carbocycles. The fraction of sp³-hybridized carbons (Fsp3) is 0.500. The van der Waals surface area contributed by atoms with Crippen molar-refractivity contribution in [2.24, 2.45) is 5.73 Å². The summed E-state index contributed by atoms with van der Waals surface area (Å²) in [6, 6.07) is 4.14. The Morgan fingerprint density at radius 2 is 2.06 bits per heavy atom. The highest BCUT2D eigenvalue weighted by molar-refractivity contribution is 8.00. The van der Waals surface area contributed by atoms with E-state index in [1.807, 2.05) is 0 Å². The molecule has 3 N–H and O–H groups in total. The topological polar surface area (TPSA) is 46.2 Å². The fourth-order valence-electron chi connectivity index (χ4n) is 1.49. The van der Waals surface area contributed by atoms with Crippen molar-refractivity contribution in [3.63, 3.8) is 0 Å². The summed E-state index contributed by atoms with van der Waals surface area (Å²) in [5, 5.41) is 8.70. The Balaban J connectivity index is 3.03. The number of halogens is 3. The summed E-state index contributed by atoms with van der Waals surface area (Å²) in [7, 11) is 0. The van der Waals surface area contributed by atoms with Crippen molar-refractivity contribution in [2.75, 3.05) is 6.61 Å². The molecule has 0 heterocycles. The van der Waals surface area contributed by atoms with E-state index in [0.29, 0.717) is 12.0 Å². The first-order valence-electron chi connectivity index (χ1n) is 5.56. The Kier molecular flexibility index (Phi) is 5.49. The van der Waals surface area contributed by atoms with Crippen LogP contribution < -0.4 is 5.73 Å². The van der Waals surface area contributed by atoms with Crippen LogP contribution in [0.5, 0.6) is 0 Å². The zero-order chi connectivity index (χ0) is 13.8. The van der Waals surface area contributed by atoms with Crippen molar-refractivity contribution in [1.82, 2.24) is 0 Å². The van der Waals surface area contributed by atoms with Crippen LogP contribution in [0.1, 0.15) is 24.5 Å². The quantitative estimate of drug-likeness (QED) is 0.814. The third-order valence-corrected chi connectivity index (χ3v) is 3.70. The average Bonchev–Trinajstić information content (AvgIpc) is 2.28. The van der Waals surface area contributed by atoms with Crippen LogP contribution in [0.4, 0.5) is 13.2 Å². The number of aliphatic hydroxyl groups excluding tert-OH is 1. The van der Waals surface area contributed by atoms with Gasteiger partial charge in [-0.05, 0) is 24.1 Å². The van der Waals surface area contributed by atoms with Crippen LogP contribution in [0.3, 0.4) is 0 Å². The van der Waals surface area contributed by atoms with Gasteiger partial charge in [0.05, 0.1) is 5.56 Å². The first-order valence-corrected chi connectivity index (χ1v) is 6.44. The molecule has 1 aromatic rings. The maximum absolute atomic E-state index is 12.9. The Labute approximate surface area is 108 Å². The molecule has 1 rings (SSSR count). The molecule has 18 heavy (non-hydrogen) atoms. The molecule has 0 aliphatic heterocycles. The fourth-order valence-corrected chi connectivity index (χ4v) is 2.59. The molecular formula is C12H16F3NOS. The molecule has 2 nitrogen and oxygen atoms in total. The molecule has 0 bridgehead atoms. The summed E-state index contributed by atoms with van der Waals surface area (Å²) in [5.74, 6) is 0. The summed E-state index contributed by atoms with van der Waals surface area (Å²) >= 11 is 1.12. The maximum Gasteiger partial charge on any atom is 0.417 e. The van der Waals surface area contributed by atoms with E-state index in [9.17, 15) is 13.2 Å². The molecule has 0 radical (unpaired) electrons. The lowest BCUT2D eigenvalue weighted by molar-refractivity contribution is -0.139. The predicted molar refractivity (Wildman–Crippen MR) is 66.4 cm³/mol. The molecular weight excluding hydrogens is 263 g/mol. The second-order valence-corrected chi connectivity index (χ2v) is 5.45. The van der Waals surface area contributed by atoms with E-state index in [2.05, 4.69) is 0 Å². The molecule has 1 unspecified atom stereocenters. The van der Waals surface area contributed by atoms with E-state index in [1.54, 1.807) is 13.0 Å². The second kappa shape index (κ2) is 6.45. The summed E-state index contributed by atoms with van der Waals surface area (Å²) in [4.78, 5) is 0.181. The van der Waals surface area contributed by atoms with Crippen molar-refractivity contribution in [3.05, 3.63) is 29.3 Å². The lowest BCUT2D eigenvalue weighted by Crippen LogP contribution is -2.10. The van der Waals surface area contributed by atoms with Gasteiger partial charge in [-0.1, -0.05) is 13.0 Å². The number of thioether (sulfide) groups is 1. The highest BCUT2D eigenvalue weighted by Gasteiger charge is 2.34. The van der Waals surface area contributed by atoms with E-state index in [-0.39, 0.29) is 23.3 Å². The zero-order valence-corrected chi connectivity index (χ0v) is 10.8. The van der Waals surface area contributed by atoms with Gasteiger partial charge in [0, 0.05) is 23.3 Å². The van der Waals surface area contributed by atoms with Gasteiger partial charge in [-0.15, -0.1) is 11.8 Å². The minimum Gasteiger partial charge on any atom is -0.396 e. The van der Waals surface area contributed by atoms with Gasteiger partial charge in [-0.3, -0.25) is 0 Å². The van der Waals surface area contributed by atoms with E-state index in [4.69, 9.17) is 10.8 Å². The lowest BCUT2D eigenvalue weighted by Gasteiger charge is -2.16. The number of aliphatic hydroxyl groups is 1. The largest absolute Gasteiger partial charge is 0.417 e. The molecule has 1 aromatic carbocycles. The summed E-state index contributed by atoms with van der Waals surface area (Å²) in [5.41, 5.74) is 5.16. The van der Waals surface area contributed by atoms with Gasteiger partial charge in [-0.2, -0.15) is 13.2 Å². The standard InChI is InChI=1S/C12H16F3NOS/c1-8(4-5-17)18-11-3-2-9(7-16)6-10(11)12(13,14)15/h2-3,6,8,17H,4-5,7,16H2,1H3. The number of rotatable bonds is 5. The monoisotopic (exact) mass is 279 g/mol. The second-order valence-electron chi connectivity index (χ2n) is 3.97. The highest BCUT2D eigenvalue weighted by Crippen LogP contribution is 2.39. The van der Waals surface area contributed by atoms with Gasteiger partial charge in [0.1, 0.15) is 0 Å². The normalized spacial score (nSPS) is 13.7. The van der Waals surface area contributed by atoms with Crippen LogP contribution in [-0.2, 0) is 12.7 Å². The van der Waals surface area contributed by atoms with E-state index < -0.39 is 11.7 Å². The van der Waals surface area contributed by atoms with Crippen molar-refractivity contribution >= 4 is 11.8 Å². The molecule has 0 aliphatic carbocycles. The number of hydrogen-bond acceptors (Lipinski definition) is 3. The molecule has 102 valence electrons.